The van der Waals surface area contributed by atoms with Crippen LogP contribution in [0.4, 0.5) is 0 Å². The molecule has 0 amide bonds. The first-order valence-corrected chi connectivity index (χ1v) is 15.4. The molecule has 0 aromatic heterocycles. The highest BCUT2D eigenvalue weighted by molar-refractivity contribution is 6.74. The molecule has 3 saturated carbocycles. The van der Waals surface area contributed by atoms with E-state index in [4.69, 9.17) is 4.43 Å². The van der Waals surface area contributed by atoms with E-state index in [0.29, 0.717) is 29.1 Å². The van der Waals surface area contributed by atoms with E-state index in [1.807, 2.05) is 6.08 Å². The van der Waals surface area contributed by atoms with Gasteiger partial charge in [-0.05, 0) is 105 Å². The van der Waals surface area contributed by atoms with Crippen molar-refractivity contribution in [1.82, 2.24) is 0 Å². The van der Waals surface area contributed by atoms with Crippen LogP contribution in [0.5, 0.6) is 0 Å². The van der Waals surface area contributed by atoms with E-state index in [0.717, 1.165) is 37.0 Å². The predicted octanol–water partition coefficient (Wildman–Crippen LogP) is 7.32. The second kappa shape index (κ2) is 7.73. The molecule has 0 aliphatic heterocycles. The van der Waals surface area contributed by atoms with Gasteiger partial charge < -0.3 is 4.43 Å². The minimum absolute atomic E-state index is 0.269. The second-order valence-corrected chi connectivity index (χ2v) is 17.3. The zero-order valence-electron chi connectivity index (χ0n) is 20.5. The van der Waals surface area contributed by atoms with Gasteiger partial charge in [-0.3, -0.25) is 4.79 Å². The van der Waals surface area contributed by atoms with Crippen molar-refractivity contribution in [3.05, 3.63) is 23.8 Å². The number of allylic oxidation sites excluding steroid dienone is 3. The number of hydrogen-bond donors (Lipinski definition) is 0. The molecule has 3 fully saturated rings. The number of rotatable bonds is 3. The highest BCUT2D eigenvalue weighted by atomic mass is 28.4. The summed E-state index contributed by atoms with van der Waals surface area (Å²) >= 11 is 0. The average molecular weight is 429 g/mol. The first-order chi connectivity index (χ1) is 14.0. The standard InChI is InChI=1S/C27H44O2Si/c1-8-9-18-16-19-17-20(28)10-11-21(19)22-14-15-27(5)23(25(18)22)12-13-24(27)29-30(6,7)26(2,3)4/h8-9,17-18,21-25H,10-16H2,1-7H3/b9-8-/t18-,21+,22-,23+,24+,25-,27+/m1/s1. The summed E-state index contributed by atoms with van der Waals surface area (Å²) in [5.74, 6) is 3.94. The highest BCUT2D eigenvalue weighted by Crippen LogP contribution is 2.64. The summed E-state index contributed by atoms with van der Waals surface area (Å²) in [7, 11) is -1.77. The van der Waals surface area contributed by atoms with Gasteiger partial charge in [0.05, 0.1) is 6.10 Å². The van der Waals surface area contributed by atoms with E-state index in [-0.39, 0.29) is 5.04 Å². The minimum Gasteiger partial charge on any atom is -0.413 e. The molecule has 30 heavy (non-hydrogen) atoms. The number of ketones is 1. The molecule has 0 unspecified atom stereocenters. The summed E-state index contributed by atoms with van der Waals surface area (Å²) in [5, 5.41) is 0.269. The molecule has 0 N–H and O–H groups in total. The summed E-state index contributed by atoms with van der Waals surface area (Å²) in [6.45, 7) is 16.7. The van der Waals surface area contributed by atoms with Crippen molar-refractivity contribution in [2.24, 2.45) is 35.0 Å². The quantitative estimate of drug-likeness (QED) is 0.347. The summed E-state index contributed by atoms with van der Waals surface area (Å²) < 4.78 is 7.10. The molecule has 4 aliphatic carbocycles. The van der Waals surface area contributed by atoms with Crippen LogP contribution in [-0.2, 0) is 9.22 Å². The van der Waals surface area contributed by atoms with E-state index in [2.05, 4.69) is 59.9 Å². The molecule has 4 rings (SSSR count). The monoisotopic (exact) mass is 428 g/mol. The summed E-state index contributed by atoms with van der Waals surface area (Å²) in [6, 6.07) is 0. The third kappa shape index (κ3) is 3.62. The van der Waals surface area contributed by atoms with Gasteiger partial charge in [0.15, 0.2) is 14.1 Å². The molecular formula is C27H44O2Si. The van der Waals surface area contributed by atoms with Crippen LogP contribution in [0.2, 0.25) is 18.1 Å². The van der Waals surface area contributed by atoms with Gasteiger partial charge in [0.2, 0.25) is 0 Å². The van der Waals surface area contributed by atoms with Gasteiger partial charge in [-0.1, -0.05) is 45.4 Å². The number of carbonyl (C=O) groups is 1. The Balaban J connectivity index is 1.63. The lowest BCUT2D eigenvalue weighted by Gasteiger charge is -2.56. The van der Waals surface area contributed by atoms with Crippen molar-refractivity contribution in [1.29, 1.82) is 0 Å². The van der Waals surface area contributed by atoms with Crippen LogP contribution in [0.15, 0.2) is 23.8 Å². The Morgan fingerprint density at radius 3 is 2.57 bits per heavy atom. The van der Waals surface area contributed by atoms with Gasteiger partial charge in [0.1, 0.15) is 0 Å². The largest absolute Gasteiger partial charge is 0.413 e. The van der Waals surface area contributed by atoms with Gasteiger partial charge in [-0.25, -0.2) is 0 Å². The zero-order chi connectivity index (χ0) is 21.9. The molecule has 2 nitrogen and oxygen atoms in total. The Kier molecular flexibility index (Phi) is 5.80. The van der Waals surface area contributed by atoms with Crippen LogP contribution in [0.3, 0.4) is 0 Å². The van der Waals surface area contributed by atoms with Crippen LogP contribution >= 0.6 is 0 Å². The molecule has 0 radical (unpaired) electrons. The number of hydrogen-bond acceptors (Lipinski definition) is 2. The Labute approximate surface area is 186 Å². The fourth-order valence-corrected chi connectivity index (χ4v) is 8.86. The lowest BCUT2D eigenvalue weighted by Crippen LogP contribution is -2.53. The summed E-state index contributed by atoms with van der Waals surface area (Å²) in [4.78, 5) is 12.1. The predicted molar refractivity (Wildman–Crippen MR) is 128 cm³/mol. The SMILES string of the molecule is C/C=C\[C@@H]1CC2=CC(=O)CC[C@@H]2[C@H]2CC[C@]3(C)[C@@H](O[Si](C)(C)C(C)(C)C)CC[C@H]3[C@@H]21. The maximum atomic E-state index is 12.1. The first kappa shape index (κ1) is 22.5. The van der Waals surface area contributed by atoms with Gasteiger partial charge in [0.25, 0.3) is 0 Å². The fourth-order valence-electron chi connectivity index (χ4n) is 7.41. The topological polar surface area (TPSA) is 26.3 Å². The molecule has 4 aliphatic rings. The van der Waals surface area contributed by atoms with Gasteiger partial charge in [-0.2, -0.15) is 0 Å². The Morgan fingerprint density at radius 2 is 1.90 bits per heavy atom. The average Bonchev–Trinajstić information content (AvgIpc) is 2.96. The van der Waals surface area contributed by atoms with Crippen molar-refractivity contribution >= 4 is 14.1 Å². The van der Waals surface area contributed by atoms with Crippen LogP contribution in [0.25, 0.3) is 0 Å². The Bertz CT molecular complexity index is 742. The molecule has 0 aromatic carbocycles. The van der Waals surface area contributed by atoms with Gasteiger partial charge in [0, 0.05) is 6.42 Å². The highest BCUT2D eigenvalue weighted by Gasteiger charge is 2.59. The fraction of sp³-hybridized carbons (Fsp3) is 0.815. The van der Waals surface area contributed by atoms with Crippen LogP contribution in [0, 0.1) is 35.0 Å². The van der Waals surface area contributed by atoms with Crippen molar-refractivity contribution < 1.29 is 9.22 Å². The summed E-state index contributed by atoms with van der Waals surface area (Å²) in [6.07, 6.45) is 15.4. The van der Waals surface area contributed by atoms with Crippen LogP contribution in [0.1, 0.15) is 79.6 Å². The summed E-state index contributed by atoms with van der Waals surface area (Å²) in [5.41, 5.74) is 1.80. The second-order valence-electron chi connectivity index (χ2n) is 12.6. The zero-order valence-corrected chi connectivity index (χ0v) is 21.5. The van der Waals surface area contributed by atoms with E-state index >= 15 is 0 Å². The van der Waals surface area contributed by atoms with E-state index < -0.39 is 8.32 Å². The smallest absolute Gasteiger partial charge is 0.192 e. The van der Waals surface area contributed by atoms with Gasteiger partial charge in [-0.15, -0.1) is 0 Å². The number of fused-ring (bicyclic) bond motifs is 5. The third-order valence-electron chi connectivity index (χ3n) is 9.99. The molecule has 0 saturated heterocycles. The van der Waals surface area contributed by atoms with Crippen LogP contribution < -0.4 is 0 Å². The van der Waals surface area contributed by atoms with Gasteiger partial charge >= 0.3 is 0 Å². The van der Waals surface area contributed by atoms with Crippen molar-refractivity contribution in [3.8, 4) is 0 Å². The Morgan fingerprint density at radius 1 is 1.17 bits per heavy atom. The van der Waals surface area contributed by atoms with E-state index in [1.165, 1.54) is 31.3 Å². The number of carbonyl (C=O) groups excluding carboxylic acids is 1. The maximum absolute atomic E-state index is 12.1. The van der Waals surface area contributed by atoms with Crippen molar-refractivity contribution in [2.75, 3.05) is 0 Å². The van der Waals surface area contributed by atoms with Crippen LogP contribution in [-0.4, -0.2) is 20.2 Å². The Hall–Kier alpha value is -0.673. The van der Waals surface area contributed by atoms with Crippen molar-refractivity contribution in [3.63, 3.8) is 0 Å². The lowest BCUT2D eigenvalue weighted by atomic mass is 9.49. The molecule has 0 spiro atoms. The van der Waals surface area contributed by atoms with E-state index in [1.54, 1.807) is 0 Å². The molecule has 3 heteroatoms. The molecule has 0 heterocycles. The molecule has 0 aromatic rings. The lowest BCUT2D eigenvalue weighted by molar-refractivity contribution is -0.116. The molecule has 0 bridgehead atoms. The maximum Gasteiger partial charge on any atom is 0.192 e. The van der Waals surface area contributed by atoms with E-state index in [9.17, 15) is 4.79 Å². The normalized spacial score (nSPS) is 42.0. The third-order valence-corrected chi connectivity index (χ3v) is 14.5. The minimum atomic E-state index is -1.77. The molecular weight excluding hydrogens is 384 g/mol. The first-order valence-electron chi connectivity index (χ1n) is 12.5. The van der Waals surface area contributed by atoms with Crippen molar-refractivity contribution in [2.45, 2.75) is 104 Å². The molecule has 168 valence electrons. The molecule has 7 atom stereocenters.